The highest BCUT2D eigenvalue weighted by molar-refractivity contribution is 6.32. The maximum absolute atomic E-state index is 11.0. The SMILES string of the molecule is [2H]c1c([2H])c([2H])c(N(c2c([2H])c([2H])c(C(C)C)c([2H])c2[2H])c2c([2H])c([2H])c3c4c([2H])c5c(c([2H])c4n4c6c(C(C([2H])([2H])[2H])(C([2H])([2H])[2H])C([2H])([2H])[2H])c([2H])c([2H])c([2H])c6c2c34)c2c([2H])c([2H])c(N(c3c([2H])c([2H])c([2H])c([2H])c3[2H])c3c([2H])c([2H])c(C(C)C)c([2H])c3[2H])c3c4c([2H])c([2H])c([2H])c(C(C([2H])([2H])[2H])(C([2H])([2H])[2H])C([2H])([2H])[2H])c4n5c23)c([2H])c1[2H]. The predicted molar refractivity (Wildman–Crippen MR) is 311 cm³/mol. The largest absolute Gasteiger partial charge is 0.310 e. The van der Waals surface area contributed by atoms with Crippen LogP contribution in [0.4, 0.5) is 34.1 Å². The van der Waals surface area contributed by atoms with E-state index in [1.54, 1.807) is 0 Å². The highest BCUT2D eigenvalue weighted by Gasteiger charge is 2.31. The van der Waals surface area contributed by atoms with Crippen LogP contribution in [0, 0.1) is 0 Å². The lowest BCUT2D eigenvalue weighted by atomic mass is 9.85. The molecule has 13 aromatic rings. The maximum Gasteiger partial charge on any atom is 0.0653 e. The summed E-state index contributed by atoms with van der Waals surface area (Å²) in [4.78, 5) is 0.644. The Kier molecular flexibility index (Phi) is 3.66. The summed E-state index contributed by atoms with van der Waals surface area (Å²) in [5, 5.41) is -9.05. The van der Waals surface area contributed by atoms with Gasteiger partial charge in [-0.15, -0.1) is 0 Å². The van der Waals surface area contributed by atoms with E-state index in [0.717, 1.165) is 0 Å². The normalized spacial score (nSPS) is 23.4. The third-order valence-corrected chi connectivity index (χ3v) is 12.5. The first-order valence-corrected chi connectivity index (χ1v) is 22.1. The van der Waals surface area contributed by atoms with E-state index < -0.39 is 366 Å². The van der Waals surface area contributed by atoms with Gasteiger partial charge >= 0.3 is 0 Å². The summed E-state index contributed by atoms with van der Waals surface area (Å²) in [6.45, 7) is -21.5. The number of hydrogen-bond donors (Lipinski definition) is 0. The fourth-order valence-electron chi connectivity index (χ4n) is 9.39. The number of nitrogens with zero attached hydrogens (tertiary/aromatic N) is 4. The number of para-hydroxylation sites is 4. The molecule has 0 aliphatic rings. The molecule has 0 amide bonds. The molecule has 4 aromatic heterocycles. The first-order valence-electron chi connectivity index (χ1n) is 46.1. The molecule has 0 bridgehead atoms. The van der Waals surface area contributed by atoms with Gasteiger partial charge in [-0.25, -0.2) is 0 Å². The first kappa shape index (κ1) is 16.6. The van der Waals surface area contributed by atoms with Crippen molar-refractivity contribution in [3.8, 4) is 0 Å². The van der Waals surface area contributed by atoms with E-state index >= 15 is 0 Å². The Balaban J connectivity index is 1.48. The van der Waals surface area contributed by atoms with Crippen LogP contribution in [-0.2, 0) is 10.8 Å². The van der Waals surface area contributed by atoms with Gasteiger partial charge in [0.25, 0.3) is 0 Å². The number of aromatic nitrogens is 2. The predicted octanol–water partition coefficient (Wildman–Crippen LogP) is 19.8. The molecule has 72 heavy (non-hydrogen) atoms. The van der Waals surface area contributed by atoms with E-state index in [0.29, 0.717) is 18.6 Å². The Bertz CT molecular complexity index is 6170. The number of rotatable bonds is 8. The molecule has 4 heterocycles. The van der Waals surface area contributed by atoms with Gasteiger partial charge in [0.05, 0.1) is 85.6 Å². The molecular weight excluding hydrogens is 873 g/mol. The molecule has 4 heteroatoms. The molecule has 0 atom stereocenters. The summed E-state index contributed by atoms with van der Waals surface area (Å²) < 4.78 is 457. The molecule has 0 unspecified atom stereocenters. The van der Waals surface area contributed by atoms with Gasteiger partial charge in [-0.05, 0) is 117 Å². The summed E-state index contributed by atoms with van der Waals surface area (Å²) in [7, 11) is 0. The molecule has 0 fully saturated rings. The van der Waals surface area contributed by atoms with Crippen molar-refractivity contribution in [2.45, 2.75) is 91.5 Å². The Morgan fingerprint density at radius 1 is 0.375 bits per heavy atom. The lowest BCUT2D eigenvalue weighted by Gasteiger charge is -2.27. The van der Waals surface area contributed by atoms with E-state index in [-0.39, 0.29) is 11.1 Å². The number of fused-ring (bicyclic) bond motifs is 12. The molecule has 0 aliphatic carbocycles. The van der Waals surface area contributed by atoms with Crippen molar-refractivity contribution < 1.29 is 65.8 Å². The van der Waals surface area contributed by atoms with Crippen molar-refractivity contribution in [2.75, 3.05) is 9.80 Å². The summed E-state index contributed by atoms with van der Waals surface area (Å²) in [6, 6.07) is -38.9. The molecule has 0 spiro atoms. The van der Waals surface area contributed by atoms with Crippen LogP contribution in [0.2, 0.25) is 0 Å². The van der Waals surface area contributed by atoms with Crippen LogP contribution in [0.15, 0.2) is 181 Å². The lowest BCUT2D eigenvalue weighted by Crippen LogP contribution is -2.12. The van der Waals surface area contributed by atoms with E-state index in [9.17, 15) is 57.6 Å². The maximum atomic E-state index is 11.0. The van der Waals surface area contributed by atoms with Crippen LogP contribution in [-0.4, -0.2) is 8.80 Å². The van der Waals surface area contributed by atoms with Gasteiger partial charge in [-0.3, -0.25) is 0 Å². The van der Waals surface area contributed by atoms with Gasteiger partial charge in [0.15, 0.2) is 0 Å². The van der Waals surface area contributed by atoms with Crippen LogP contribution in [0.1, 0.15) is 169 Å². The van der Waals surface area contributed by atoms with E-state index in [2.05, 4.69) is 0 Å². The third kappa shape index (κ3) is 6.43. The third-order valence-electron chi connectivity index (χ3n) is 12.5. The van der Waals surface area contributed by atoms with Crippen LogP contribution in [0.3, 0.4) is 0 Å². The number of anilines is 6. The molecule has 0 radical (unpaired) electrons. The first-order chi connectivity index (χ1) is 54.7. The molecule has 9 aromatic carbocycles. The second-order valence-electron chi connectivity index (χ2n) is 17.7. The smallest absolute Gasteiger partial charge is 0.0653 e. The van der Waals surface area contributed by atoms with Crippen LogP contribution < -0.4 is 9.80 Å². The van der Waals surface area contributed by atoms with Crippen molar-refractivity contribution in [1.82, 2.24) is 8.80 Å². The zero-order chi connectivity index (χ0) is 90.6. The van der Waals surface area contributed by atoms with E-state index in [1.807, 2.05) is 0 Å². The summed E-state index contributed by atoms with van der Waals surface area (Å²) >= 11 is 0. The zero-order valence-electron chi connectivity index (χ0n) is 85.9. The second kappa shape index (κ2) is 15.8. The highest BCUT2D eigenvalue weighted by atomic mass is 15.2. The van der Waals surface area contributed by atoms with Gasteiger partial charge in [0.2, 0.25) is 0 Å². The van der Waals surface area contributed by atoms with E-state index in [1.165, 1.54) is 27.7 Å². The molecule has 0 aliphatic heterocycles. The van der Waals surface area contributed by atoms with Crippen molar-refractivity contribution in [3.05, 3.63) is 204 Å². The van der Waals surface area contributed by atoms with Crippen molar-refractivity contribution in [3.63, 3.8) is 0 Å². The minimum Gasteiger partial charge on any atom is -0.310 e. The quantitative estimate of drug-likeness (QED) is 0.151. The summed E-state index contributed by atoms with van der Waals surface area (Å²) in [6.07, 6.45) is 0. The fourth-order valence-corrected chi connectivity index (χ4v) is 9.39. The van der Waals surface area contributed by atoms with Gasteiger partial charge < -0.3 is 18.6 Å². The lowest BCUT2D eigenvalue weighted by molar-refractivity contribution is 0.594. The van der Waals surface area contributed by atoms with E-state index in [4.69, 9.17) is 8.22 Å². The number of hydrogen-bond acceptors (Lipinski definition) is 2. The van der Waals surface area contributed by atoms with Gasteiger partial charge in [0, 0.05) is 90.5 Å². The standard InChI is InChI=1S/C68H62N4/c1-41(2)43-27-31-47(32-28-43)69(45-19-13-11-14-20-45)57-37-35-49-53-39-60-54(40-59(53)71-63-51(61(57)65(49)71)23-17-25-55(63)67(5,6)7)50-36-38-58(62-52-24-18-26-56(68(8,9)10)64(52)72(60)66(50)62)70(46-21-15-12-16-22-46)48-33-29-44(30-34-48)42(3)4/h11-42H,1-10H3/i5D3,6D3,7D3,8D3,9D3,10D3,11D,12D,13D,14D,15D,16D,17D,18D,19D,20D,21D,22D,23D,24D,25D,26D,27D,28D,29D,30D,31D,32D,33D,34D,35D,36D,37D,38D,39D,40D. The van der Waals surface area contributed by atoms with Crippen LogP contribution in [0.5, 0.6) is 0 Å². The number of benzene rings is 9. The Labute approximate surface area is 490 Å². The van der Waals surface area contributed by atoms with Crippen LogP contribution in [0.25, 0.3) is 76.2 Å². The molecular formula is C68H62N4. The van der Waals surface area contributed by atoms with Gasteiger partial charge in [-0.1, -0.05) is 178 Å². The Hall–Kier alpha value is -7.82. The minimum absolute atomic E-state index is 0.322. The molecule has 0 saturated carbocycles. The van der Waals surface area contributed by atoms with Crippen molar-refractivity contribution >= 4 is 110 Å². The minimum atomic E-state index is -4.61. The average molecular weight is 984 g/mol. The fraction of sp³-hybridized carbons (Fsp3) is 0.206. The second-order valence-corrected chi connectivity index (χ2v) is 17.7. The van der Waals surface area contributed by atoms with Crippen LogP contribution >= 0.6 is 0 Å². The monoisotopic (exact) mass is 983 g/mol. The Morgan fingerprint density at radius 3 is 1.11 bits per heavy atom. The molecule has 13 rings (SSSR count). The van der Waals surface area contributed by atoms with Crippen molar-refractivity contribution in [2.24, 2.45) is 0 Å². The average Bonchev–Trinajstić information content (AvgIpc) is 1.44. The molecule has 0 N–H and O–H groups in total. The molecule has 4 nitrogen and oxygen atoms in total. The summed E-state index contributed by atoms with van der Waals surface area (Å²) in [5.41, 5.74) is -28.1. The van der Waals surface area contributed by atoms with Gasteiger partial charge in [0.1, 0.15) is 0 Å². The zero-order valence-corrected chi connectivity index (χ0v) is 37.9. The highest BCUT2D eigenvalue weighted by Crippen LogP contribution is 2.53. The molecule has 0 saturated heterocycles. The Morgan fingerprint density at radius 2 is 0.750 bits per heavy atom. The summed E-state index contributed by atoms with van der Waals surface area (Å²) in [5.74, 6) is -1.79. The van der Waals surface area contributed by atoms with Crippen molar-refractivity contribution in [1.29, 1.82) is 0 Å². The topological polar surface area (TPSA) is 15.3 Å². The molecule has 354 valence electrons. The van der Waals surface area contributed by atoms with Gasteiger partial charge in [-0.2, -0.15) is 0 Å².